The first-order valence-electron chi connectivity index (χ1n) is 9.30. The van der Waals surface area contributed by atoms with Gasteiger partial charge in [-0.05, 0) is 55.2 Å². The molecule has 1 aromatic heterocycles. The van der Waals surface area contributed by atoms with Gasteiger partial charge in [-0.25, -0.2) is 0 Å². The molecule has 0 saturated carbocycles. The quantitative estimate of drug-likeness (QED) is 0.371. The standard InChI is InChI=1S/C23H21N3O2S/c1-14-12-17(13-19-21(27)24(3)23(29)25(4)22(19)28)15(2)26(14)20-11-7-9-16-8-5-6-10-18(16)20/h5-13H,1-4H3. The Kier molecular flexibility index (Phi) is 4.59. The third kappa shape index (κ3) is 2.96. The smallest absolute Gasteiger partial charge is 0.265 e. The summed E-state index contributed by atoms with van der Waals surface area (Å²) in [5.74, 6) is -0.763. The predicted octanol–water partition coefficient (Wildman–Crippen LogP) is 3.85. The number of rotatable bonds is 2. The molecule has 1 aliphatic heterocycles. The minimum atomic E-state index is -0.381. The average molecular weight is 404 g/mol. The van der Waals surface area contributed by atoms with Gasteiger partial charge in [0.15, 0.2) is 5.11 Å². The highest BCUT2D eigenvalue weighted by molar-refractivity contribution is 7.80. The van der Waals surface area contributed by atoms with Crippen LogP contribution in [0.3, 0.4) is 0 Å². The van der Waals surface area contributed by atoms with Gasteiger partial charge in [0.2, 0.25) is 0 Å². The number of carbonyl (C=O) groups excluding carboxylic acids is 2. The summed E-state index contributed by atoms with van der Waals surface area (Å²) in [7, 11) is 3.17. The Morgan fingerprint density at radius 1 is 0.897 bits per heavy atom. The van der Waals surface area contributed by atoms with E-state index in [0.29, 0.717) is 0 Å². The van der Waals surface area contributed by atoms with Crippen LogP contribution < -0.4 is 0 Å². The summed E-state index contributed by atoms with van der Waals surface area (Å²) in [6.45, 7) is 4.02. The Hall–Kier alpha value is -3.25. The van der Waals surface area contributed by atoms with Crippen molar-refractivity contribution in [2.24, 2.45) is 0 Å². The van der Waals surface area contributed by atoms with Crippen LogP contribution in [-0.4, -0.2) is 45.4 Å². The van der Waals surface area contributed by atoms with Gasteiger partial charge >= 0.3 is 0 Å². The molecular weight excluding hydrogens is 382 g/mol. The third-order valence-corrected chi connectivity index (χ3v) is 5.97. The molecule has 0 atom stereocenters. The molecule has 2 aromatic carbocycles. The molecule has 6 heteroatoms. The van der Waals surface area contributed by atoms with Gasteiger partial charge in [-0.2, -0.15) is 0 Å². The van der Waals surface area contributed by atoms with Crippen molar-refractivity contribution in [2.45, 2.75) is 13.8 Å². The van der Waals surface area contributed by atoms with Gasteiger partial charge in [0.05, 0.1) is 5.69 Å². The van der Waals surface area contributed by atoms with Crippen LogP contribution in [-0.2, 0) is 9.59 Å². The van der Waals surface area contributed by atoms with E-state index < -0.39 is 0 Å². The molecular formula is C23H21N3O2S. The molecule has 0 bridgehead atoms. The molecule has 5 nitrogen and oxygen atoms in total. The molecule has 1 saturated heterocycles. The number of carbonyl (C=O) groups is 2. The van der Waals surface area contributed by atoms with Crippen molar-refractivity contribution in [1.82, 2.24) is 14.4 Å². The van der Waals surface area contributed by atoms with E-state index in [4.69, 9.17) is 12.2 Å². The number of likely N-dealkylation sites (N-methyl/N-ethyl adjacent to an activating group) is 2. The summed E-state index contributed by atoms with van der Waals surface area (Å²) >= 11 is 5.16. The van der Waals surface area contributed by atoms with Gasteiger partial charge in [0, 0.05) is 30.9 Å². The maximum Gasteiger partial charge on any atom is 0.265 e. The van der Waals surface area contributed by atoms with Crippen LogP contribution in [0, 0.1) is 13.8 Å². The molecule has 1 fully saturated rings. The first kappa shape index (κ1) is 19.1. The van der Waals surface area contributed by atoms with E-state index in [1.165, 1.54) is 9.80 Å². The topological polar surface area (TPSA) is 45.6 Å². The fourth-order valence-corrected chi connectivity index (χ4v) is 4.00. The van der Waals surface area contributed by atoms with E-state index in [0.717, 1.165) is 33.4 Å². The largest absolute Gasteiger partial charge is 0.317 e. The Bertz CT molecular complexity index is 1190. The monoisotopic (exact) mass is 403 g/mol. The predicted molar refractivity (Wildman–Crippen MR) is 119 cm³/mol. The molecule has 0 unspecified atom stereocenters. The van der Waals surface area contributed by atoms with Crippen molar-refractivity contribution < 1.29 is 9.59 Å². The number of aryl methyl sites for hydroxylation is 1. The SMILES string of the molecule is Cc1cc(C=C2C(=O)N(C)C(=S)N(C)C2=O)c(C)n1-c1cccc2ccccc12. The van der Waals surface area contributed by atoms with Crippen LogP contribution in [0.15, 0.2) is 54.1 Å². The Labute approximate surface area is 174 Å². The highest BCUT2D eigenvalue weighted by Gasteiger charge is 2.35. The lowest BCUT2D eigenvalue weighted by molar-refractivity contribution is -0.132. The first-order valence-corrected chi connectivity index (χ1v) is 9.71. The summed E-state index contributed by atoms with van der Waals surface area (Å²) in [5, 5.41) is 2.51. The molecule has 0 radical (unpaired) electrons. The van der Waals surface area contributed by atoms with Gasteiger partial charge in [-0.15, -0.1) is 0 Å². The summed E-state index contributed by atoms with van der Waals surface area (Å²) in [6, 6.07) is 16.4. The van der Waals surface area contributed by atoms with Crippen molar-refractivity contribution in [2.75, 3.05) is 14.1 Å². The van der Waals surface area contributed by atoms with Crippen LogP contribution in [0.25, 0.3) is 22.5 Å². The summed E-state index contributed by atoms with van der Waals surface area (Å²) in [4.78, 5) is 28.0. The minimum Gasteiger partial charge on any atom is -0.317 e. The number of aromatic nitrogens is 1. The van der Waals surface area contributed by atoms with Crippen molar-refractivity contribution in [1.29, 1.82) is 0 Å². The van der Waals surface area contributed by atoms with Crippen molar-refractivity contribution >= 4 is 46.0 Å². The zero-order valence-electron chi connectivity index (χ0n) is 16.8. The molecule has 29 heavy (non-hydrogen) atoms. The summed E-state index contributed by atoms with van der Waals surface area (Å²) in [5.41, 5.74) is 4.01. The zero-order valence-corrected chi connectivity index (χ0v) is 17.6. The van der Waals surface area contributed by atoms with E-state index in [1.807, 2.05) is 38.1 Å². The second-order valence-electron chi connectivity index (χ2n) is 7.23. The Morgan fingerprint density at radius 3 is 2.21 bits per heavy atom. The van der Waals surface area contributed by atoms with Crippen molar-refractivity contribution in [3.63, 3.8) is 0 Å². The first-order chi connectivity index (χ1) is 13.8. The zero-order chi connectivity index (χ0) is 20.9. The molecule has 0 aliphatic carbocycles. The molecule has 2 amide bonds. The van der Waals surface area contributed by atoms with E-state index in [2.05, 4.69) is 28.8 Å². The van der Waals surface area contributed by atoms with Crippen LogP contribution in [0.1, 0.15) is 17.0 Å². The van der Waals surface area contributed by atoms with Crippen LogP contribution in [0.5, 0.6) is 0 Å². The molecule has 2 heterocycles. The van der Waals surface area contributed by atoms with Crippen molar-refractivity contribution in [3.05, 3.63) is 71.1 Å². The Morgan fingerprint density at radius 2 is 1.52 bits per heavy atom. The van der Waals surface area contributed by atoms with Gasteiger partial charge < -0.3 is 4.57 Å². The minimum absolute atomic E-state index is 0.113. The van der Waals surface area contributed by atoms with E-state index in [1.54, 1.807) is 20.2 Å². The number of fused-ring (bicyclic) bond motifs is 1. The lowest BCUT2D eigenvalue weighted by Gasteiger charge is -2.31. The fourth-order valence-electron chi connectivity index (χ4n) is 3.84. The highest BCUT2D eigenvalue weighted by atomic mass is 32.1. The molecule has 1 aliphatic rings. The molecule has 0 spiro atoms. The molecule has 4 rings (SSSR count). The number of benzene rings is 2. The maximum atomic E-state index is 12.7. The van der Waals surface area contributed by atoms with E-state index in [9.17, 15) is 9.59 Å². The van der Waals surface area contributed by atoms with Crippen LogP contribution >= 0.6 is 12.2 Å². The van der Waals surface area contributed by atoms with Gasteiger partial charge in [0.25, 0.3) is 11.8 Å². The lowest BCUT2D eigenvalue weighted by atomic mass is 10.1. The van der Waals surface area contributed by atoms with Crippen LogP contribution in [0.2, 0.25) is 0 Å². The number of hydrogen-bond acceptors (Lipinski definition) is 3. The highest BCUT2D eigenvalue weighted by Crippen LogP contribution is 2.29. The van der Waals surface area contributed by atoms with E-state index in [-0.39, 0.29) is 22.5 Å². The molecule has 3 aromatic rings. The van der Waals surface area contributed by atoms with Crippen molar-refractivity contribution in [3.8, 4) is 5.69 Å². The summed E-state index contributed by atoms with van der Waals surface area (Å²) < 4.78 is 2.16. The second-order valence-corrected chi connectivity index (χ2v) is 7.59. The fraction of sp³-hybridized carbons (Fsp3) is 0.174. The number of amides is 2. The lowest BCUT2D eigenvalue weighted by Crippen LogP contribution is -2.52. The normalized spacial score (nSPS) is 14.9. The van der Waals surface area contributed by atoms with Gasteiger partial charge in [0.1, 0.15) is 5.57 Å². The average Bonchev–Trinajstić information content (AvgIpc) is 3.00. The number of nitrogens with zero attached hydrogens (tertiary/aromatic N) is 3. The number of hydrogen-bond donors (Lipinski definition) is 0. The molecule has 0 N–H and O–H groups in total. The maximum absolute atomic E-state index is 12.7. The number of thiocarbonyl (C=S) groups is 1. The van der Waals surface area contributed by atoms with Crippen LogP contribution in [0.4, 0.5) is 0 Å². The van der Waals surface area contributed by atoms with E-state index >= 15 is 0 Å². The second kappa shape index (κ2) is 6.97. The van der Waals surface area contributed by atoms with Gasteiger partial charge in [-0.1, -0.05) is 36.4 Å². The third-order valence-electron chi connectivity index (χ3n) is 5.42. The molecule has 146 valence electrons. The Balaban J connectivity index is 1.87. The summed E-state index contributed by atoms with van der Waals surface area (Å²) in [6.07, 6.45) is 1.67. The van der Waals surface area contributed by atoms with Gasteiger partial charge in [-0.3, -0.25) is 19.4 Å².